The fraction of sp³-hybridized carbons (Fsp3) is 0.667. The molecular formula is C12H20O2. The Balaban J connectivity index is 4.59. The van der Waals surface area contributed by atoms with Crippen molar-refractivity contribution in [2.75, 3.05) is 0 Å². The first-order valence-corrected chi connectivity index (χ1v) is 5.25. The molecule has 0 saturated heterocycles. The number of carbonyl (C=O) groups is 2. The van der Waals surface area contributed by atoms with Gasteiger partial charge in [-0.25, -0.2) is 0 Å². The highest BCUT2D eigenvalue weighted by Gasteiger charge is 2.22. The van der Waals surface area contributed by atoms with Crippen molar-refractivity contribution in [2.45, 2.75) is 47.0 Å². The number of hydrogen-bond donors (Lipinski definition) is 0. The van der Waals surface area contributed by atoms with Crippen molar-refractivity contribution in [3.8, 4) is 0 Å². The van der Waals surface area contributed by atoms with Crippen molar-refractivity contribution in [3.63, 3.8) is 0 Å². The number of hydrogen-bond acceptors (Lipinski definition) is 2. The van der Waals surface area contributed by atoms with Crippen molar-refractivity contribution in [1.82, 2.24) is 0 Å². The summed E-state index contributed by atoms with van der Waals surface area (Å²) in [5.41, 5.74) is 0.723. The maximum atomic E-state index is 11.8. The summed E-state index contributed by atoms with van der Waals surface area (Å²) in [4.78, 5) is 23.0. The summed E-state index contributed by atoms with van der Waals surface area (Å²) in [6.45, 7) is 7.26. The van der Waals surface area contributed by atoms with Crippen molar-refractivity contribution in [3.05, 3.63) is 11.6 Å². The van der Waals surface area contributed by atoms with Crippen LogP contribution in [0, 0.1) is 5.92 Å². The van der Waals surface area contributed by atoms with Gasteiger partial charge in [0.1, 0.15) is 5.78 Å². The fourth-order valence-corrected chi connectivity index (χ4v) is 1.49. The number of allylic oxidation sites excluding steroid dienone is 2. The van der Waals surface area contributed by atoms with Gasteiger partial charge < -0.3 is 0 Å². The Kier molecular flexibility index (Phi) is 6.09. The van der Waals surface area contributed by atoms with Crippen LogP contribution in [0.15, 0.2) is 11.6 Å². The molecule has 0 heterocycles. The van der Waals surface area contributed by atoms with E-state index in [9.17, 15) is 9.59 Å². The molecule has 0 amide bonds. The van der Waals surface area contributed by atoms with Gasteiger partial charge in [-0.05, 0) is 32.3 Å². The molecule has 0 aliphatic carbocycles. The summed E-state index contributed by atoms with van der Waals surface area (Å²) in [6, 6.07) is 0. The SMILES string of the molecule is CC/C=C(\C)C(=O)C(CCC)C(C)=O. The molecule has 2 nitrogen and oxygen atoms in total. The lowest BCUT2D eigenvalue weighted by Crippen LogP contribution is -2.22. The molecule has 14 heavy (non-hydrogen) atoms. The van der Waals surface area contributed by atoms with Gasteiger partial charge in [-0.3, -0.25) is 9.59 Å². The van der Waals surface area contributed by atoms with Crippen molar-refractivity contribution in [2.24, 2.45) is 5.92 Å². The number of Topliss-reactive ketones (excluding diaryl/α,β-unsaturated/α-hetero) is 2. The first-order valence-electron chi connectivity index (χ1n) is 5.25. The third-order valence-electron chi connectivity index (χ3n) is 2.28. The van der Waals surface area contributed by atoms with E-state index in [0.717, 1.165) is 18.4 Å². The molecular weight excluding hydrogens is 176 g/mol. The van der Waals surface area contributed by atoms with Crippen LogP contribution >= 0.6 is 0 Å². The van der Waals surface area contributed by atoms with E-state index in [1.807, 2.05) is 19.9 Å². The van der Waals surface area contributed by atoms with Crippen LogP contribution in [-0.4, -0.2) is 11.6 Å². The monoisotopic (exact) mass is 196 g/mol. The lowest BCUT2D eigenvalue weighted by molar-refractivity contribution is -0.129. The third-order valence-corrected chi connectivity index (χ3v) is 2.28. The largest absolute Gasteiger partial charge is 0.299 e. The van der Waals surface area contributed by atoms with Gasteiger partial charge in [0.05, 0.1) is 5.92 Å². The van der Waals surface area contributed by atoms with Crippen LogP contribution in [0.3, 0.4) is 0 Å². The molecule has 0 radical (unpaired) electrons. The molecule has 80 valence electrons. The molecule has 0 aromatic carbocycles. The smallest absolute Gasteiger partial charge is 0.168 e. The molecule has 0 fully saturated rings. The highest BCUT2D eigenvalue weighted by atomic mass is 16.1. The zero-order valence-corrected chi connectivity index (χ0v) is 9.59. The van der Waals surface area contributed by atoms with Crippen molar-refractivity contribution in [1.29, 1.82) is 0 Å². The van der Waals surface area contributed by atoms with Crippen molar-refractivity contribution < 1.29 is 9.59 Å². The lowest BCUT2D eigenvalue weighted by atomic mass is 9.90. The number of ketones is 2. The molecule has 0 aromatic rings. The summed E-state index contributed by atoms with van der Waals surface area (Å²) in [7, 11) is 0. The van der Waals surface area contributed by atoms with Crippen LogP contribution in [-0.2, 0) is 9.59 Å². The Morgan fingerprint density at radius 3 is 2.14 bits per heavy atom. The third kappa shape index (κ3) is 3.86. The quantitative estimate of drug-likeness (QED) is 0.483. The van der Waals surface area contributed by atoms with E-state index in [0.29, 0.717) is 6.42 Å². The second-order valence-corrected chi connectivity index (χ2v) is 3.61. The topological polar surface area (TPSA) is 34.1 Å². The zero-order valence-electron chi connectivity index (χ0n) is 9.59. The Morgan fingerprint density at radius 2 is 1.79 bits per heavy atom. The van der Waals surface area contributed by atoms with Gasteiger partial charge in [-0.15, -0.1) is 0 Å². The molecule has 0 aliphatic rings. The zero-order chi connectivity index (χ0) is 11.1. The average Bonchev–Trinajstić information content (AvgIpc) is 2.13. The van der Waals surface area contributed by atoms with Gasteiger partial charge in [0.25, 0.3) is 0 Å². The molecule has 1 atom stereocenters. The van der Waals surface area contributed by atoms with Crippen molar-refractivity contribution >= 4 is 11.6 Å². The lowest BCUT2D eigenvalue weighted by Gasteiger charge is -2.11. The molecule has 0 aliphatic heterocycles. The highest BCUT2D eigenvalue weighted by Crippen LogP contribution is 2.14. The second-order valence-electron chi connectivity index (χ2n) is 3.61. The van der Waals surface area contributed by atoms with E-state index in [1.165, 1.54) is 6.92 Å². The van der Waals surface area contributed by atoms with Gasteiger partial charge >= 0.3 is 0 Å². The van der Waals surface area contributed by atoms with Crippen LogP contribution in [0.2, 0.25) is 0 Å². The van der Waals surface area contributed by atoms with Crippen LogP contribution in [0.25, 0.3) is 0 Å². The van der Waals surface area contributed by atoms with Crippen LogP contribution in [0.4, 0.5) is 0 Å². The number of carbonyl (C=O) groups excluding carboxylic acids is 2. The Bertz CT molecular complexity index is 239. The standard InChI is InChI=1S/C12H20O2/c1-5-7-9(3)12(14)11(8-6-2)10(4)13/h7,11H,5-6,8H2,1-4H3/b9-7+. The fourth-order valence-electron chi connectivity index (χ4n) is 1.49. The van der Waals surface area contributed by atoms with Gasteiger partial charge in [-0.1, -0.05) is 26.3 Å². The molecule has 2 heteroatoms. The average molecular weight is 196 g/mol. The molecule has 0 saturated carbocycles. The summed E-state index contributed by atoms with van der Waals surface area (Å²) >= 11 is 0. The maximum absolute atomic E-state index is 11.8. The van der Waals surface area contributed by atoms with Crippen LogP contribution < -0.4 is 0 Å². The second kappa shape index (κ2) is 6.52. The van der Waals surface area contributed by atoms with E-state index < -0.39 is 5.92 Å². The summed E-state index contributed by atoms with van der Waals surface area (Å²) < 4.78 is 0. The first-order chi connectivity index (χ1) is 6.54. The van der Waals surface area contributed by atoms with Crippen LogP contribution in [0.1, 0.15) is 47.0 Å². The summed E-state index contributed by atoms with van der Waals surface area (Å²) in [6.07, 6.45) is 4.26. The molecule has 0 bridgehead atoms. The van der Waals surface area contributed by atoms with E-state index in [4.69, 9.17) is 0 Å². The minimum Gasteiger partial charge on any atom is -0.299 e. The highest BCUT2D eigenvalue weighted by molar-refractivity contribution is 6.09. The normalized spacial score (nSPS) is 13.9. The molecule has 0 spiro atoms. The van der Waals surface area contributed by atoms with Gasteiger partial charge in [0.15, 0.2) is 5.78 Å². The summed E-state index contributed by atoms with van der Waals surface area (Å²) in [5.74, 6) is -0.426. The first kappa shape index (κ1) is 13.1. The Hall–Kier alpha value is -0.920. The molecule has 0 aromatic heterocycles. The maximum Gasteiger partial charge on any atom is 0.168 e. The van der Waals surface area contributed by atoms with Gasteiger partial charge in [0.2, 0.25) is 0 Å². The minimum atomic E-state index is -0.414. The predicted octanol–water partition coefficient (Wildman–Crippen LogP) is 2.92. The van der Waals surface area contributed by atoms with Crippen LogP contribution in [0.5, 0.6) is 0 Å². The van der Waals surface area contributed by atoms with Gasteiger partial charge in [-0.2, -0.15) is 0 Å². The van der Waals surface area contributed by atoms with Gasteiger partial charge in [0, 0.05) is 0 Å². The minimum absolute atomic E-state index is 0.00111. The molecule has 1 unspecified atom stereocenters. The van der Waals surface area contributed by atoms with E-state index in [1.54, 1.807) is 6.92 Å². The Morgan fingerprint density at radius 1 is 1.21 bits per heavy atom. The van der Waals surface area contributed by atoms with E-state index in [2.05, 4.69) is 0 Å². The molecule has 0 rings (SSSR count). The molecule has 0 N–H and O–H groups in total. The van der Waals surface area contributed by atoms with E-state index in [-0.39, 0.29) is 11.6 Å². The summed E-state index contributed by atoms with van der Waals surface area (Å²) in [5, 5.41) is 0. The van der Waals surface area contributed by atoms with E-state index >= 15 is 0 Å². The Labute approximate surface area is 86.4 Å². The predicted molar refractivity (Wildman–Crippen MR) is 58.1 cm³/mol. The number of rotatable bonds is 6.